The molecular formula is C16H19FN2O2S. The highest BCUT2D eigenvalue weighted by Gasteiger charge is 2.22. The van der Waals surface area contributed by atoms with Crippen LogP contribution in [0.4, 0.5) is 4.39 Å². The third-order valence-corrected chi connectivity index (χ3v) is 5.12. The standard InChI is InChI=1S/C16H19FN2O2S/c1-21-10-9-19-14-12(17)7-4-8-13(14)22-16(19)18-15(20)11-5-2-3-6-11/h4,7-8,11H,2-3,5-6,9-10H2,1H3. The molecule has 3 rings (SSSR count). The first-order valence-electron chi connectivity index (χ1n) is 7.56. The molecule has 1 aliphatic rings. The lowest BCUT2D eigenvalue weighted by molar-refractivity contribution is -0.121. The van der Waals surface area contributed by atoms with Crippen LogP contribution in [0.2, 0.25) is 0 Å². The van der Waals surface area contributed by atoms with Gasteiger partial charge in [-0.05, 0) is 25.0 Å². The molecule has 0 N–H and O–H groups in total. The molecular weight excluding hydrogens is 303 g/mol. The van der Waals surface area contributed by atoms with Crippen molar-refractivity contribution in [1.29, 1.82) is 0 Å². The highest BCUT2D eigenvalue weighted by molar-refractivity contribution is 7.16. The van der Waals surface area contributed by atoms with Crippen molar-refractivity contribution in [2.24, 2.45) is 10.9 Å². The fraction of sp³-hybridized carbons (Fsp3) is 0.500. The third-order valence-electron chi connectivity index (χ3n) is 4.08. The second kappa shape index (κ2) is 6.71. The minimum atomic E-state index is -0.292. The van der Waals surface area contributed by atoms with Crippen molar-refractivity contribution in [3.63, 3.8) is 0 Å². The molecule has 1 aromatic heterocycles. The largest absolute Gasteiger partial charge is 0.383 e. The van der Waals surface area contributed by atoms with Gasteiger partial charge in [-0.1, -0.05) is 30.2 Å². The van der Waals surface area contributed by atoms with Gasteiger partial charge >= 0.3 is 0 Å². The van der Waals surface area contributed by atoms with Gasteiger partial charge < -0.3 is 9.30 Å². The topological polar surface area (TPSA) is 43.6 Å². The van der Waals surface area contributed by atoms with Crippen molar-refractivity contribution in [2.45, 2.75) is 32.2 Å². The predicted octanol–water partition coefficient (Wildman–Crippen LogP) is 3.11. The van der Waals surface area contributed by atoms with Crippen LogP contribution >= 0.6 is 11.3 Å². The molecule has 2 aromatic rings. The first-order valence-corrected chi connectivity index (χ1v) is 8.37. The van der Waals surface area contributed by atoms with Crippen LogP contribution < -0.4 is 4.80 Å². The summed E-state index contributed by atoms with van der Waals surface area (Å²) in [4.78, 5) is 17.2. The highest BCUT2D eigenvalue weighted by atomic mass is 32.1. The Morgan fingerprint density at radius 3 is 2.95 bits per heavy atom. The summed E-state index contributed by atoms with van der Waals surface area (Å²) in [6, 6.07) is 4.96. The van der Waals surface area contributed by atoms with E-state index in [1.165, 1.54) is 17.4 Å². The lowest BCUT2D eigenvalue weighted by Crippen LogP contribution is -2.21. The van der Waals surface area contributed by atoms with Gasteiger partial charge in [0.25, 0.3) is 5.91 Å². The number of halogens is 1. The maximum absolute atomic E-state index is 14.1. The molecule has 1 saturated carbocycles. The zero-order chi connectivity index (χ0) is 15.5. The molecule has 1 amide bonds. The molecule has 0 radical (unpaired) electrons. The number of para-hydroxylation sites is 1. The van der Waals surface area contributed by atoms with Crippen LogP contribution in [0.25, 0.3) is 10.2 Å². The van der Waals surface area contributed by atoms with Gasteiger partial charge in [-0.2, -0.15) is 4.99 Å². The Labute approximate surface area is 132 Å². The van der Waals surface area contributed by atoms with Crippen LogP contribution in [0.3, 0.4) is 0 Å². The number of amides is 1. The van der Waals surface area contributed by atoms with Crippen molar-refractivity contribution in [1.82, 2.24) is 4.57 Å². The summed E-state index contributed by atoms with van der Waals surface area (Å²) < 4.78 is 21.8. The number of benzene rings is 1. The molecule has 0 bridgehead atoms. The van der Waals surface area contributed by atoms with Gasteiger partial charge in [-0.25, -0.2) is 4.39 Å². The van der Waals surface area contributed by atoms with E-state index in [4.69, 9.17) is 4.74 Å². The molecule has 1 aromatic carbocycles. The summed E-state index contributed by atoms with van der Waals surface area (Å²) in [6.45, 7) is 0.930. The molecule has 1 fully saturated rings. The van der Waals surface area contributed by atoms with E-state index in [0.29, 0.717) is 23.5 Å². The number of thiazole rings is 1. The lowest BCUT2D eigenvalue weighted by Gasteiger charge is -2.06. The normalized spacial score (nSPS) is 16.7. The maximum Gasteiger partial charge on any atom is 0.251 e. The lowest BCUT2D eigenvalue weighted by atomic mass is 10.1. The van der Waals surface area contributed by atoms with Gasteiger partial charge in [0.2, 0.25) is 0 Å². The zero-order valence-electron chi connectivity index (χ0n) is 12.5. The molecule has 22 heavy (non-hydrogen) atoms. The molecule has 6 heteroatoms. The number of nitrogens with zero attached hydrogens (tertiary/aromatic N) is 2. The number of fused-ring (bicyclic) bond motifs is 1. The number of rotatable bonds is 4. The first-order chi connectivity index (χ1) is 10.7. The number of hydrogen-bond acceptors (Lipinski definition) is 3. The molecule has 0 aliphatic heterocycles. The first kappa shape index (κ1) is 15.4. The monoisotopic (exact) mass is 322 g/mol. The molecule has 1 aliphatic carbocycles. The van der Waals surface area contributed by atoms with E-state index in [1.54, 1.807) is 17.7 Å². The maximum atomic E-state index is 14.1. The summed E-state index contributed by atoms with van der Waals surface area (Å²) in [5, 5.41) is 0. The number of carbonyl (C=O) groups is 1. The Kier molecular flexibility index (Phi) is 4.69. The summed E-state index contributed by atoms with van der Waals surface area (Å²) >= 11 is 1.36. The zero-order valence-corrected chi connectivity index (χ0v) is 13.4. The minimum absolute atomic E-state index is 0.0333. The minimum Gasteiger partial charge on any atom is -0.383 e. The van der Waals surface area contributed by atoms with E-state index in [1.807, 2.05) is 6.07 Å². The number of hydrogen-bond donors (Lipinski definition) is 0. The SMILES string of the molecule is COCCn1c(=NC(=O)C2CCCC2)sc2cccc(F)c21. The third kappa shape index (κ3) is 2.98. The Morgan fingerprint density at radius 2 is 2.23 bits per heavy atom. The number of ether oxygens (including phenoxy) is 1. The predicted molar refractivity (Wildman–Crippen MR) is 84.2 cm³/mol. The van der Waals surface area contributed by atoms with Crippen molar-refractivity contribution in [2.75, 3.05) is 13.7 Å². The van der Waals surface area contributed by atoms with E-state index >= 15 is 0 Å². The van der Waals surface area contributed by atoms with Gasteiger partial charge in [0.15, 0.2) is 4.80 Å². The van der Waals surface area contributed by atoms with E-state index in [-0.39, 0.29) is 17.6 Å². The van der Waals surface area contributed by atoms with Crippen LogP contribution in [0.5, 0.6) is 0 Å². The fourth-order valence-electron chi connectivity index (χ4n) is 2.92. The summed E-state index contributed by atoms with van der Waals surface area (Å²) in [5.41, 5.74) is 0.502. The fourth-order valence-corrected chi connectivity index (χ4v) is 4.00. The van der Waals surface area contributed by atoms with Crippen molar-refractivity contribution >= 4 is 27.5 Å². The molecule has 1 heterocycles. The van der Waals surface area contributed by atoms with Gasteiger partial charge in [-0.3, -0.25) is 4.79 Å². The molecule has 0 saturated heterocycles. The Hall–Kier alpha value is -1.53. The van der Waals surface area contributed by atoms with Crippen LogP contribution in [0, 0.1) is 11.7 Å². The second-order valence-electron chi connectivity index (χ2n) is 5.55. The molecule has 118 valence electrons. The number of methoxy groups -OCH3 is 1. The van der Waals surface area contributed by atoms with Gasteiger partial charge in [0.1, 0.15) is 5.82 Å². The van der Waals surface area contributed by atoms with Crippen LogP contribution in [0.15, 0.2) is 23.2 Å². The van der Waals surface area contributed by atoms with E-state index in [9.17, 15) is 9.18 Å². The Balaban J connectivity index is 2.07. The average molecular weight is 322 g/mol. The van der Waals surface area contributed by atoms with Crippen molar-refractivity contribution in [3.8, 4) is 0 Å². The second-order valence-corrected chi connectivity index (χ2v) is 6.56. The molecule has 4 nitrogen and oxygen atoms in total. The number of carbonyl (C=O) groups excluding carboxylic acids is 1. The number of aromatic nitrogens is 1. The van der Waals surface area contributed by atoms with Crippen LogP contribution in [-0.4, -0.2) is 24.2 Å². The van der Waals surface area contributed by atoms with E-state index in [0.717, 1.165) is 30.4 Å². The molecule has 0 atom stereocenters. The van der Waals surface area contributed by atoms with Gasteiger partial charge in [0.05, 0.1) is 16.8 Å². The van der Waals surface area contributed by atoms with Gasteiger partial charge in [0, 0.05) is 19.6 Å². The summed E-state index contributed by atoms with van der Waals surface area (Å²) in [6.07, 6.45) is 4.02. The quantitative estimate of drug-likeness (QED) is 0.868. The highest BCUT2D eigenvalue weighted by Crippen LogP contribution is 2.26. The van der Waals surface area contributed by atoms with E-state index in [2.05, 4.69) is 4.99 Å². The van der Waals surface area contributed by atoms with Crippen LogP contribution in [0.1, 0.15) is 25.7 Å². The Morgan fingerprint density at radius 1 is 1.45 bits per heavy atom. The molecule has 0 unspecified atom stereocenters. The summed E-state index contributed by atoms with van der Waals surface area (Å²) in [5.74, 6) is -0.332. The van der Waals surface area contributed by atoms with Crippen LogP contribution in [-0.2, 0) is 16.1 Å². The Bertz CT molecular complexity index is 744. The van der Waals surface area contributed by atoms with E-state index < -0.39 is 0 Å². The van der Waals surface area contributed by atoms with Crippen molar-refractivity contribution < 1.29 is 13.9 Å². The van der Waals surface area contributed by atoms with Crippen molar-refractivity contribution in [3.05, 3.63) is 28.8 Å². The van der Waals surface area contributed by atoms with Gasteiger partial charge in [-0.15, -0.1) is 0 Å². The average Bonchev–Trinajstić information content (AvgIpc) is 3.13. The smallest absolute Gasteiger partial charge is 0.251 e. The molecule has 0 spiro atoms. The summed E-state index contributed by atoms with van der Waals surface area (Å²) in [7, 11) is 1.60.